The van der Waals surface area contributed by atoms with Crippen molar-refractivity contribution in [2.45, 2.75) is 40.5 Å². The maximum absolute atomic E-state index is 13.0. The van der Waals surface area contributed by atoms with Gasteiger partial charge in [-0.05, 0) is 11.0 Å². The highest BCUT2D eigenvalue weighted by Crippen LogP contribution is 2.42. The highest BCUT2D eigenvalue weighted by Gasteiger charge is 2.36. The van der Waals surface area contributed by atoms with Gasteiger partial charge in [0.1, 0.15) is 0 Å². The third-order valence-electron chi connectivity index (χ3n) is 4.38. The number of allylic oxidation sites excluding steroid dienone is 5. The molecule has 0 bridgehead atoms. The van der Waals surface area contributed by atoms with E-state index in [-0.39, 0.29) is 22.5 Å². The lowest BCUT2D eigenvalue weighted by molar-refractivity contribution is -0.114. The summed E-state index contributed by atoms with van der Waals surface area (Å²) in [6, 6.07) is 10.3. The molecule has 2 rings (SSSR count). The van der Waals surface area contributed by atoms with Crippen LogP contribution in [-0.2, 0) is 4.79 Å². The number of hydrogen-bond donors (Lipinski definition) is 0. The van der Waals surface area contributed by atoms with Gasteiger partial charge >= 0.3 is 0 Å². The molecule has 1 unspecified atom stereocenters. The largest absolute Gasteiger partial charge is 0.289 e. The lowest BCUT2D eigenvalue weighted by atomic mass is 9.69. The average molecular weight is 294 g/mol. The molecule has 1 heteroatoms. The van der Waals surface area contributed by atoms with E-state index in [0.29, 0.717) is 0 Å². The van der Waals surface area contributed by atoms with Crippen LogP contribution >= 0.6 is 0 Å². The maximum atomic E-state index is 13.0. The molecule has 0 aromatic heterocycles. The third kappa shape index (κ3) is 3.14. The summed E-state index contributed by atoms with van der Waals surface area (Å²) in [5, 5.41) is 0. The van der Waals surface area contributed by atoms with Gasteiger partial charge in [-0.2, -0.15) is 0 Å². The van der Waals surface area contributed by atoms with Gasteiger partial charge in [-0.1, -0.05) is 83.2 Å². The Hall–Kier alpha value is -1.89. The van der Waals surface area contributed by atoms with E-state index in [2.05, 4.69) is 65.5 Å². The lowest BCUT2D eigenvalue weighted by Crippen LogP contribution is -2.29. The maximum Gasteiger partial charge on any atom is 0.185 e. The van der Waals surface area contributed by atoms with Crippen LogP contribution in [0.3, 0.4) is 0 Å². The van der Waals surface area contributed by atoms with E-state index in [1.807, 2.05) is 24.3 Å². The summed E-state index contributed by atoms with van der Waals surface area (Å²) < 4.78 is 0. The second-order valence-corrected chi connectivity index (χ2v) is 7.60. The Bertz CT molecular complexity index is 636. The minimum absolute atomic E-state index is 0.141. The zero-order chi connectivity index (χ0) is 16.5. The summed E-state index contributed by atoms with van der Waals surface area (Å²) in [6.45, 7) is 14.3. The van der Waals surface area contributed by atoms with Gasteiger partial charge in [0.05, 0.1) is 0 Å². The van der Waals surface area contributed by atoms with Crippen LogP contribution < -0.4 is 0 Å². The summed E-state index contributed by atoms with van der Waals surface area (Å²) in [6.07, 6.45) is 6.10. The van der Waals surface area contributed by atoms with Gasteiger partial charge in [0.15, 0.2) is 5.78 Å². The van der Waals surface area contributed by atoms with Crippen molar-refractivity contribution in [1.29, 1.82) is 0 Å². The van der Waals surface area contributed by atoms with Crippen molar-refractivity contribution in [3.63, 3.8) is 0 Å². The Morgan fingerprint density at radius 1 is 0.955 bits per heavy atom. The molecule has 0 heterocycles. The van der Waals surface area contributed by atoms with Crippen molar-refractivity contribution in [3.05, 3.63) is 71.8 Å². The first-order valence-electron chi connectivity index (χ1n) is 7.84. The fourth-order valence-electron chi connectivity index (χ4n) is 2.78. The van der Waals surface area contributed by atoms with E-state index in [9.17, 15) is 4.79 Å². The van der Waals surface area contributed by atoms with Crippen LogP contribution in [0.1, 0.15) is 46.1 Å². The van der Waals surface area contributed by atoms with E-state index < -0.39 is 0 Å². The molecular weight excluding hydrogens is 268 g/mol. The molecule has 1 nitrogen and oxygen atoms in total. The fourth-order valence-corrected chi connectivity index (χ4v) is 2.78. The molecule has 22 heavy (non-hydrogen) atoms. The van der Waals surface area contributed by atoms with Gasteiger partial charge in [-0.15, -0.1) is 6.58 Å². The first-order chi connectivity index (χ1) is 10.2. The predicted molar refractivity (Wildman–Crippen MR) is 93.8 cm³/mol. The number of rotatable bonds is 3. The van der Waals surface area contributed by atoms with Crippen molar-refractivity contribution in [2.24, 2.45) is 10.8 Å². The molecule has 0 radical (unpaired) electrons. The average Bonchev–Trinajstić information content (AvgIpc) is 2.47. The van der Waals surface area contributed by atoms with Crippen LogP contribution in [0.15, 0.2) is 66.3 Å². The fraction of sp³-hybridized carbons (Fsp3) is 0.381. The summed E-state index contributed by atoms with van der Waals surface area (Å²) in [7, 11) is 0. The molecule has 0 fully saturated rings. The number of carbonyl (C=O) groups is 1. The highest BCUT2D eigenvalue weighted by molar-refractivity contribution is 6.11. The Labute approximate surface area is 134 Å². The van der Waals surface area contributed by atoms with E-state index in [0.717, 1.165) is 11.1 Å². The summed E-state index contributed by atoms with van der Waals surface area (Å²) in [4.78, 5) is 13.0. The van der Waals surface area contributed by atoms with Crippen LogP contribution in [-0.4, -0.2) is 5.78 Å². The molecule has 0 aliphatic heterocycles. The number of hydrogen-bond acceptors (Lipinski definition) is 1. The molecule has 1 aliphatic carbocycles. The van der Waals surface area contributed by atoms with Crippen molar-refractivity contribution >= 4 is 5.78 Å². The number of benzene rings is 1. The SMILES string of the molecule is C=CC(C)(C)C1=CC(c2ccccc2)C=C(C(C)(C)C)C1=O. The van der Waals surface area contributed by atoms with Crippen molar-refractivity contribution < 1.29 is 4.79 Å². The molecule has 0 saturated heterocycles. The van der Waals surface area contributed by atoms with Gasteiger partial charge in [0.25, 0.3) is 0 Å². The van der Waals surface area contributed by atoms with E-state index in [4.69, 9.17) is 0 Å². The Kier molecular flexibility index (Phi) is 4.28. The molecule has 1 aromatic carbocycles. The molecule has 1 atom stereocenters. The molecular formula is C21H26O. The zero-order valence-electron chi connectivity index (χ0n) is 14.3. The standard InChI is InChI=1S/C21H26O/c1-7-21(5,6)18-14-16(15-11-9-8-10-12-15)13-17(19(18)22)20(2,3)4/h7-14,16H,1H2,2-6H3. The van der Waals surface area contributed by atoms with E-state index >= 15 is 0 Å². The van der Waals surface area contributed by atoms with Gasteiger partial charge in [0.2, 0.25) is 0 Å². The predicted octanol–water partition coefficient (Wildman–Crippen LogP) is 5.46. The summed E-state index contributed by atoms with van der Waals surface area (Å²) in [5.41, 5.74) is 2.47. The normalized spacial score (nSPS) is 19.5. The van der Waals surface area contributed by atoms with E-state index in [1.165, 1.54) is 5.56 Å². The van der Waals surface area contributed by atoms with Gasteiger partial charge < -0.3 is 0 Å². The Morgan fingerprint density at radius 2 is 1.50 bits per heavy atom. The number of carbonyl (C=O) groups excluding carboxylic acids is 1. The Balaban J connectivity index is 2.59. The van der Waals surface area contributed by atoms with Crippen LogP contribution in [0.5, 0.6) is 0 Å². The van der Waals surface area contributed by atoms with E-state index in [1.54, 1.807) is 0 Å². The topological polar surface area (TPSA) is 17.1 Å². The molecule has 116 valence electrons. The molecule has 0 N–H and O–H groups in total. The van der Waals surface area contributed by atoms with Crippen LogP contribution in [0.2, 0.25) is 0 Å². The molecule has 0 saturated carbocycles. The van der Waals surface area contributed by atoms with Gasteiger partial charge in [-0.3, -0.25) is 4.79 Å². The molecule has 0 spiro atoms. The van der Waals surface area contributed by atoms with Gasteiger partial charge in [-0.25, -0.2) is 0 Å². The monoisotopic (exact) mass is 294 g/mol. The highest BCUT2D eigenvalue weighted by atomic mass is 16.1. The third-order valence-corrected chi connectivity index (χ3v) is 4.38. The number of ketones is 1. The van der Waals surface area contributed by atoms with Crippen LogP contribution in [0, 0.1) is 10.8 Å². The molecule has 0 amide bonds. The quantitative estimate of drug-likeness (QED) is 0.676. The second-order valence-electron chi connectivity index (χ2n) is 7.60. The minimum Gasteiger partial charge on any atom is -0.289 e. The van der Waals surface area contributed by atoms with Crippen molar-refractivity contribution in [1.82, 2.24) is 0 Å². The minimum atomic E-state index is -0.325. The van der Waals surface area contributed by atoms with Crippen molar-refractivity contribution in [3.8, 4) is 0 Å². The first kappa shape index (κ1) is 16.5. The zero-order valence-corrected chi connectivity index (χ0v) is 14.3. The smallest absolute Gasteiger partial charge is 0.185 e. The molecule has 1 aromatic rings. The summed E-state index contributed by atoms with van der Waals surface area (Å²) >= 11 is 0. The Morgan fingerprint density at radius 3 is 2.00 bits per heavy atom. The molecule has 1 aliphatic rings. The number of Topliss-reactive ketones (excluding diaryl/α,β-unsaturated/α-hetero) is 1. The van der Waals surface area contributed by atoms with Gasteiger partial charge in [0, 0.05) is 22.5 Å². The second kappa shape index (κ2) is 5.72. The summed E-state index contributed by atoms with van der Waals surface area (Å²) in [5.74, 6) is 0.298. The lowest BCUT2D eigenvalue weighted by Gasteiger charge is -2.33. The van der Waals surface area contributed by atoms with Crippen LogP contribution in [0.25, 0.3) is 0 Å². The van der Waals surface area contributed by atoms with Crippen LogP contribution in [0.4, 0.5) is 0 Å². The first-order valence-corrected chi connectivity index (χ1v) is 7.84. The van der Waals surface area contributed by atoms with Crippen molar-refractivity contribution in [2.75, 3.05) is 0 Å².